The topological polar surface area (TPSA) is 116 Å². The summed E-state index contributed by atoms with van der Waals surface area (Å²) >= 11 is 0. The maximum absolute atomic E-state index is 11.1. The van der Waals surface area contributed by atoms with Crippen molar-refractivity contribution in [2.75, 3.05) is 18.1 Å². The second-order valence-corrected chi connectivity index (χ2v) is 5.42. The van der Waals surface area contributed by atoms with Gasteiger partial charge in [0, 0.05) is 11.5 Å². The summed E-state index contributed by atoms with van der Waals surface area (Å²) in [6.45, 7) is 2.01. The number of carbonyl (C=O) groups is 2. The van der Waals surface area contributed by atoms with Crippen molar-refractivity contribution in [1.29, 1.82) is 0 Å². The molecule has 0 radical (unpaired) electrons. The SMILES string of the molecule is CCOC(=O)[C@H](N)CSSCC(N)C(=O)O. The lowest BCUT2D eigenvalue weighted by atomic mass is 10.4. The fraction of sp³-hybridized carbons (Fsp3) is 0.750. The summed E-state index contributed by atoms with van der Waals surface area (Å²) in [4.78, 5) is 21.5. The zero-order valence-corrected chi connectivity index (χ0v) is 10.6. The van der Waals surface area contributed by atoms with Gasteiger partial charge in [0.1, 0.15) is 12.1 Å². The number of aliphatic carboxylic acids is 1. The molecule has 0 saturated heterocycles. The number of rotatable bonds is 8. The summed E-state index contributed by atoms with van der Waals surface area (Å²) in [6, 6.07) is -1.57. The molecule has 0 aromatic heterocycles. The number of hydrogen-bond donors (Lipinski definition) is 3. The zero-order chi connectivity index (χ0) is 12.6. The largest absolute Gasteiger partial charge is 0.480 e. The second-order valence-electron chi connectivity index (χ2n) is 2.87. The number of esters is 1. The van der Waals surface area contributed by atoms with Crippen LogP contribution in [0.5, 0.6) is 0 Å². The third kappa shape index (κ3) is 6.94. The molecule has 94 valence electrons. The lowest BCUT2D eigenvalue weighted by Gasteiger charge is -2.10. The summed E-state index contributed by atoms with van der Waals surface area (Å²) in [6.07, 6.45) is 0. The molecule has 1 unspecified atom stereocenters. The van der Waals surface area contributed by atoms with E-state index in [0.29, 0.717) is 12.4 Å². The molecule has 0 aromatic carbocycles. The number of carbonyl (C=O) groups excluding carboxylic acids is 1. The summed E-state index contributed by atoms with van der Waals surface area (Å²) in [5.74, 6) is -0.841. The molecule has 0 heterocycles. The summed E-state index contributed by atoms with van der Waals surface area (Å²) in [5, 5.41) is 8.50. The molecule has 0 aliphatic carbocycles. The third-order valence-electron chi connectivity index (χ3n) is 1.49. The molecule has 0 aliphatic heterocycles. The highest BCUT2D eigenvalue weighted by Gasteiger charge is 2.16. The van der Waals surface area contributed by atoms with Crippen molar-refractivity contribution in [3.63, 3.8) is 0 Å². The average molecular weight is 268 g/mol. The summed E-state index contributed by atoms with van der Waals surface area (Å²) in [7, 11) is 2.59. The lowest BCUT2D eigenvalue weighted by Crippen LogP contribution is -2.35. The van der Waals surface area contributed by atoms with Crippen molar-refractivity contribution in [3.8, 4) is 0 Å². The van der Waals surface area contributed by atoms with Gasteiger partial charge in [-0.25, -0.2) is 0 Å². The van der Waals surface area contributed by atoms with Gasteiger partial charge in [0.05, 0.1) is 6.61 Å². The van der Waals surface area contributed by atoms with Crippen LogP contribution < -0.4 is 11.5 Å². The first-order valence-electron chi connectivity index (χ1n) is 4.64. The van der Waals surface area contributed by atoms with Gasteiger partial charge in [-0.15, -0.1) is 0 Å². The molecule has 2 atom stereocenters. The Morgan fingerprint density at radius 1 is 1.25 bits per heavy atom. The van der Waals surface area contributed by atoms with E-state index in [9.17, 15) is 9.59 Å². The number of carboxylic acids is 1. The Morgan fingerprint density at radius 2 is 1.75 bits per heavy atom. The molecule has 0 spiro atoms. The Balaban J connectivity index is 3.58. The molecular weight excluding hydrogens is 252 g/mol. The Kier molecular flexibility index (Phi) is 8.44. The number of ether oxygens (including phenoxy) is 1. The minimum absolute atomic E-state index is 0.273. The highest BCUT2D eigenvalue weighted by molar-refractivity contribution is 8.76. The standard InChI is InChI=1S/C8H16N2O4S2/c1-2-14-8(13)6(10)4-16-15-3-5(9)7(11)12/h5-6H,2-4,9-10H2,1H3,(H,11,12)/t5?,6-/m1/s1. The van der Waals surface area contributed by atoms with Crippen LogP contribution in [0.3, 0.4) is 0 Å². The molecule has 0 rings (SSSR count). The lowest BCUT2D eigenvalue weighted by molar-refractivity contribution is -0.144. The van der Waals surface area contributed by atoms with E-state index < -0.39 is 24.0 Å². The summed E-state index contributed by atoms with van der Waals surface area (Å²) < 4.78 is 4.71. The zero-order valence-electron chi connectivity index (χ0n) is 8.92. The third-order valence-corrected chi connectivity index (χ3v) is 3.96. The van der Waals surface area contributed by atoms with Crippen LogP contribution in [0.4, 0.5) is 0 Å². The van der Waals surface area contributed by atoms with Gasteiger partial charge in [0.25, 0.3) is 0 Å². The maximum atomic E-state index is 11.1. The number of carboxylic acid groups (broad SMARTS) is 1. The highest BCUT2D eigenvalue weighted by Crippen LogP contribution is 2.22. The molecule has 0 saturated carbocycles. The van der Waals surface area contributed by atoms with Gasteiger partial charge >= 0.3 is 11.9 Å². The number of hydrogen-bond acceptors (Lipinski definition) is 7. The van der Waals surface area contributed by atoms with Crippen molar-refractivity contribution < 1.29 is 19.4 Å². The van der Waals surface area contributed by atoms with E-state index in [-0.39, 0.29) is 5.75 Å². The molecule has 0 bridgehead atoms. The van der Waals surface area contributed by atoms with Gasteiger partial charge in [0.2, 0.25) is 0 Å². The molecule has 0 aliphatic rings. The molecule has 0 amide bonds. The summed E-state index contributed by atoms with van der Waals surface area (Å²) in [5.41, 5.74) is 10.8. The molecule has 8 heteroatoms. The molecule has 16 heavy (non-hydrogen) atoms. The van der Waals surface area contributed by atoms with E-state index in [2.05, 4.69) is 0 Å². The van der Waals surface area contributed by atoms with Gasteiger partial charge in [-0.3, -0.25) is 9.59 Å². The van der Waals surface area contributed by atoms with Crippen LogP contribution in [-0.4, -0.2) is 47.2 Å². The van der Waals surface area contributed by atoms with Crippen molar-refractivity contribution in [2.24, 2.45) is 11.5 Å². The van der Waals surface area contributed by atoms with Crippen LogP contribution in [0.15, 0.2) is 0 Å². The maximum Gasteiger partial charge on any atom is 0.323 e. The van der Waals surface area contributed by atoms with E-state index in [1.165, 1.54) is 21.6 Å². The van der Waals surface area contributed by atoms with Crippen molar-refractivity contribution in [3.05, 3.63) is 0 Å². The van der Waals surface area contributed by atoms with Crippen LogP contribution in [-0.2, 0) is 14.3 Å². The van der Waals surface area contributed by atoms with Gasteiger partial charge in [-0.2, -0.15) is 0 Å². The normalized spacial score (nSPS) is 14.2. The Bertz CT molecular complexity index is 240. The van der Waals surface area contributed by atoms with E-state index in [4.69, 9.17) is 21.3 Å². The smallest absolute Gasteiger partial charge is 0.323 e. The molecule has 0 aromatic rings. The van der Waals surface area contributed by atoms with E-state index in [1.54, 1.807) is 6.92 Å². The highest BCUT2D eigenvalue weighted by atomic mass is 33.1. The first-order chi connectivity index (χ1) is 7.49. The first-order valence-corrected chi connectivity index (χ1v) is 7.12. The van der Waals surface area contributed by atoms with Crippen LogP contribution >= 0.6 is 21.6 Å². The van der Waals surface area contributed by atoms with Crippen LogP contribution in [0, 0.1) is 0 Å². The van der Waals surface area contributed by atoms with Gasteiger partial charge in [-0.05, 0) is 6.92 Å². The number of nitrogens with two attached hydrogens (primary N) is 2. The van der Waals surface area contributed by atoms with E-state index in [1.807, 2.05) is 0 Å². The minimum Gasteiger partial charge on any atom is -0.480 e. The van der Waals surface area contributed by atoms with Crippen molar-refractivity contribution in [1.82, 2.24) is 0 Å². The Morgan fingerprint density at radius 3 is 2.19 bits per heavy atom. The van der Waals surface area contributed by atoms with E-state index in [0.717, 1.165) is 0 Å². The predicted octanol–water partition coefficient (Wildman–Crippen LogP) is -0.330. The quantitative estimate of drug-likeness (QED) is 0.311. The fourth-order valence-corrected chi connectivity index (χ4v) is 2.85. The Labute approximate surface area is 102 Å². The van der Waals surface area contributed by atoms with Gasteiger partial charge < -0.3 is 21.3 Å². The molecule has 6 nitrogen and oxygen atoms in total. The molecule has 5 N–H and O–H groups in total. The van der Waals surface area contributed by atoms with Crippen molar-refractivity contribution >= 4 is 33.5 Å². The van der Waals surface area contributed by atoms with Crippen LogP contribution in [0.2, 0.25) is 0 Å². The average Bonchev–Trinajstić information content (AvgIpc) is 2.23. The van der Waals surface area contributed by atoms with Crippen molar-refractivity contribution in [2.45, 2.75) is 19.0 Å². The first kappa shape index (κ1) is 15.6. The van der Waals surface area contributed by atoms with Crippen LogP contribution in [0.25, 0.3) is 0 Å². The minimum atomic E-state index is -1.04. The molecule has 0 fully saturated rings. The fourth-order valence-electron chi connectivity index (χ4n) is 0.631. The predicted molar refractivity (Wildman–Crippen MR) is 65.1 cm³/mol. The van der Waals surface area contributed by atoms with Crippen LogP contribution in [0.1, 0.15) is 6.92 Å². The van der Waals surface area contributed by atoms with Gasteiger partial charge in [-0.1, -0.05) is 21.6 Å². The second kappa shape index (κ2) is 8.68. The van der Waals surface area contributed by atoms with E-state index >= 15 is 0 Å². The van der Waals surface area contributed by atoms with Gasteiger partial charge in [0.15, 0.2) is 0 Å². The monoisotopic (exact) mass is 268 g/mol. The molecular formula is C8H16N2O4S2. The Hall–Kier alpha value is -0.440.